The number of carbonyl (C=O) groups is 2. The Balaban J connectivity index is 1.68. The number of nitrogens with zero attached hydrogens (tertiary/aromatic N) is 1. The van der Waals surface area contributed by atoms with E-state index in [9.17, 15) is 9.59 Å². The molecule has 27 heavy (non-hydrogen) atoms. The molecule has 0 saturated carbocycles. The first-order chi connectivity index (χ1) is 13.0. The predicted molar refractivity (Wildman–Crippen MR) is 109 cm³/mol. The molecule has 0 unspecified atom stereocenters. The summed E-state index contributed by atoms with van der Waals surface area (Å²) in [5, 5.41) is 3.36. The third-order valence-electron chi connectivity index (χ3n) is 4.14. The van der Waals surface area contributed by atoms with Crippen molar-refractivity contribution in [2.24, 2.45) is 11.8 Å². The minimum atomic E-state index is -0.608. The van der Waals surface area contributed by atoms with E-state index >= 15 is 0 Å². The molecule has 2 aromatic rings. The van der Waals surface area contributed by atoms with Crippen molar-refractivity contribution in [1.29, 1.82) is 0 Å². The van der Waals surface area contributed by atoms with E-state index in [4.69, 9.17) is 39.5 Å². The minimum Gasteiger partial charge on any atom is -0.460 e. The molecule has 1 N–H and O–H groups in total. The molecular formula is C18H15Cl3N2O3S. The summed E-state index contributed by atoms with van der Waals surface area (Å²) < 4.78 is 5.98. The number of carbonyl (C=O) groups excluding carboxylic acids is 2. The number of allylic oxidation sites excluding steroid dienone is 2. The monoisotopic (exact) mass is 444 g/mol. The van der Waals surface area contributed by atoms with E-state index in [2.05, 4.69) is 10.3 Å². The van der Waals surface area contributed by atoms with E-state index < -0.39 is 17.8 Å². The van der Waals surface area contributed by atoms with Crippen molar-refractivity contribution >= 4 is 73.4 Å². The maximum Gasteiger partial charge on any atom is 0.310 e. The van der Waals surface area contributed by atoms with Gasteiger partial charge >= 0.3 is 5.97 Å². The van der Waals surface area contributed by atoms with E-state index in [0.29, 0.717) is 18.0 Å². The van der Waals surface area contributed by atoms with Crippen LogP contribution >= 0.6 is 46.1 Å². The Hall–Kier alpha value is -1.60. The average Bonchev–Trinajstić information content (AvgIpc) is 3.07. The fourth-order valence-corrected chi connectivity index (χ4v) is 3.82. The van der Waals surface area contributed by atoms with Crippen LogP contribution in [0.1, 0.15) is 12.8 Å². The van der Waals surface area contributed by atoms with E-state index in [0.717, 1.165) is 10.2 Å². The summed E-state index contributed by atoms with van der Waals surface area (Å²) in [4.78, 5) is 29.6. The lowest BCUT2D eigenvalue weighted by Crippen LogP contribution is -2.36. The summed E-state index contributed by atoms with van der Waals surface area (Å²) in [7, 11) is 0. The van der Waals surface area contributed by atoms with Crippen LogP contribution in [0, 0.1) is 11.8 Å². The number of hydrogen-bond donors (Lipinski definition) is 1. The number of rotatable bonds is 5. The topological polar surface area (TPSA) is 68.3 Å². The van der Waals surface area contributed by atoms with Crippen LogP contribution in [-0.2, 0) is 14.3 Å². The third kappa shape index (κ3) is 5.02. The molecule has 1 aliphatic carbocycles. The first-order valence-corrected chi connectivity index (χ1v) is 10.1. The highest BCUT2D eigenvalue weighted by Gasteiger charge is 2.35. The van der Waals surface area contributed by atoms with Gasteiger partial charge < -0.3 is 10.1 Å². The van der Waals surface area contributed by atoms with Gasteiger partial charge in [0.1, 0.15) is 11.1 Å². The molecule has 0 aliphatic heterocycles. The van der Waals surface area contributed by atoms with Crippen LogP contribution in [0.4, 0.5) is 5.13 Å². The normalized spacial score (nSPS) is 18.9. The summed E-state index contributed by atoms with van der Waals surface area (Å²) in [6.07, 6.45) is 4.59. The van der Waals surface area contributed by atoms with Crippen molar-refractivity contribution < 1.29 is 14.3 Å². The van der Waals surface area contributed by atoms with E-state index in [1.165, 1.54) is 11.3 Å². The van der Waals surface area contributed by atoms with Crippen molar-refractivity contribution in [3.05, 3.63) is 45.9 Å². The first kappa shape index (κ1) is 20.1. The molecule has 5 nitrogen and oxygen atoms in total. The molecule has 1 heterocycles. The quantitative estimate of drug-likeness (QED) is 0.504. The van der Waals surface area contributed by atoms with Gasteiger partial charge in [-0.1, -0.05) is 70.4 Å². The first-order valence-electron chi connectivity index (χ1n) is 8.13. The van der Waals surface area contributed by atoms with Crippen LogP contribution in [0.3, 0.4) is 0 Å². The second kappa shape index (κ2) is 9.06. The standard InChI is InChI=1S/C18H15Cl3N2O3S/c19-12(15(20)21)9-26-17(25)11-6-2-1-5-10(11)16(24)23-18-22-13-7-3-4-8-14(13)27-18/h1-4,7-8,10-11H,5-6,9H2,(H,22,23,24)/t10-,11+/m0/s1. The average molecular weight is 446 g/mol. The number of fused-ring (bicyclic) bond motifs is 1. The molecule has 2 atom stereocenters. The van der Waals surface area contributed by atoms with Gasteiger partial charge in [0.25, 0.3) is 0 Å². The summed E-state index contributed by atoms with van der Waals surface area (Å²) in [5.41, 5.74) is 0.816. The smallest absolute Gasteiger partial charge is 0.310 e. The summed E-state index contributed by atoms with van der Waals surface area (Å²) in [6.45, 7) is -0.227. The van der Waals surface area contributed by atoms with Crippen LogP contribution < -0.4 is 5.32 Å². The van der Waals surface area contributed by atoms with Crippen molar-refractivity contribution in [2.75, 3.05) is 11.9 Å². The maximum atomic E-state index is 12.7. The van der Waals surface area contributed by atoms with Gasteiger partial charge in [-0.05, 0) is 25.0 Å². The molecule has 0 fully saturated rings. The number of nitrogens with one attached hydrogen (secondary N) is 1. The second-order valence-electron chi connectivity index (χ2n) is 5.90. The van der Waals surface area contributed by atoms with Gasteiger partial charge in [-0.3, -0.25) is 9.59 Å². The molecule has 1 amide bonds. The van der Waals surface area contributed by atoms with Crippen molar-refractivity contribution in [1.82, 2.24) is 4.98 Å². The molecule has 9 heteroatoms. The molecule has 0 bridgehead atoms. The molecule has 3 rings (SSSR count). The second-order valence-corrected chi connectivity index (χ2v) is 8.34. The van der Waals surface area contributed by atoms with Gasteiger partial charge in [0.2, 0.25) is 5.91 Å². The lowest BCUT2D eigenvalue weighted by molar-refractivity contribution is -0.151. The van der Waals surface area contributed by atoms with E-state index in [1.54, 1.807) is 0 Å². The molecule has 1 aromatic heterocycles. The summed E-state index contributed by atoms with van der Waals surface area (Å²) in [6, 6.07) is 7.62. The number of para-hydroxylation sites is 1. The molecule has 1 aliphatic rings. The Labute approximate surface area is 174 Å². The van der Waals surface area contributed by atoms with E-state index in [-0.39, 0.29) is 22.0 Å². The molecule has 0 saturated heterocycles. The lowest BCUT2D eigenvalue weighted by Gasteiger charge is -2.25. The zero-order chi connectivity index (χ0) is 19.4. The molecule has 142 valence electrons. The Morgan fingerprint density at radius 2 is 1.85 bits per heavy atom. The number of hydrogen-bond acceptors (Lipinski definition) is 5. The van der Waals surface area contributed by atoms with Gasteiger partial charge in [-0.15, -0.1) is 0 Å². The Morgan fingerprint density at radius 1 is 1.15 bits per heavy atom. The van der Waals surface area contributed by atoms with Crippen molar-refractivity contribution in [3.8, 4) is 0 Å². The highest BCUT2D eigenvalue weighted by Crippen LogP contribution is 2.31. The van der Waals surface area contributed by atoms with Crippen molar-refractivity contribution in [2.45, 2.75) is 12.8 Å². The highest BCUT2D eigenvalue weighted by atomic mass is 35.5. The number of ether oxygens (including phenoxy) is 1. The van der Waals surface area contributed by atoms with Gasteiger partial charge in [0.15, 0.2) is 5.13 Å². The summed E-state index contributed by atoms with van der Waals surface area (Å²) in [5.74, 6) is -1.94. The van der Waals surface area contributed by atoms with Gasteiger partial charge in [0, 0.05) is 0 Å². The number of anilines is 1. The summed E-state index contributed by atoms with van der Waals surface area (Å²) >= 11 is 18.3. The zero-order valence-corrected chi connectivity index (χ0v) is 17.0. The fourth-order valence-electron chi connectivity index (χ4n) is 2.78. The Morgan fingerprint density at radius 3 is 2.56 bits per heavy atom. The Kier molecular flexibility index (Phi) is 6.76. The lowest BCUT2D eigenvalue weighted by atomic mass is 9.82. The molecule has 1 aromatic carbocycles. The molecule has 0 spiro atoms. The fraction of sp³-hybridized carbons (Fsp3) is 0.278. The SMILES string of the molecule is O=C(Nc1nc2ccccc2s1)[C@H]1CC=CC[C@H]1C(=O)OCC(Cl)=C(Cl)Cl. The van der Waals surface area contributed by atoms with Crippen LogP contribution in [0.5, 0.6) is 0 Å². The Bertz CT molecular complexity index is 888. The van der Waals surface area contributed by atoms with Crippen LogP contribution in [-0.4, -0.2) is 23.5 Å². The zero-order valence-electron chi connectivity index (χ0n) is 14.0. The maximum absolute atomic E-state index is 12.7. The molecule has 0 radical (unpaired) electrons. The van der Waals surface area contributed by atoms with Crippen LogP contribution in [0.25, 0.3) is 10.2 Å². The third-order valence-corrected chi connectivity index (χ3v) is 6.04. The minimum absolute atomic E-state index is 0.0357. The number of benzene rings is 1. The number of halogens is 3. The number of amides is 1. The van der Waals surface area contributed by atoms with Crippen LogP contribution in [0.15, 0.2) is 45.9 Å². The molecular weight excluding hydrogens is 431 g/mol. The number of thiazole rings is 1. The van der Waals surface area contributed by atoms with Gasteiger partial charge in [0.05, 0.1) is 27.1 Å². The van der Waals surface area contributed by atoms with Crippen molar-refractivity contribution in [3.63, 3.8) is 0 Å². The van der Waals surface area contributed by atoms with Gasteiger partial charge in [-0.25, -0.2) is 4.98 Å². The number of esters is 1. The van der Waals surface area contributed by atoms with E-state index in [1.807, 2.05) is 36.4 Å². The van der Waals surface area contributed by atoms with Gasteiger partial charge in [-0.2, -0.15) is 0 Å². The predicted octanol–water partition coefficient (Wildman–Crippen LogP) is 5.25. The number of aromatic nitrogens is 1. The highest BCUT2D eigenvalue weighted by molar-refractivity contribution is 7.22. The van der Waals surface area contributed by atoms with Crippen LogP contribution in [0.2, 0.25) is 0 Å². The largest absolute Gasteiger partial charge is 0.460 e.